The molecule has 1 N–H and O–H groups in total. The summed E-state index contributed by atoms with van der Waals surface area (Å²) in [6.07, 6.45) is -0.189. The van der Waals surface area contributed by atoms with E-state index in [0.717, 1.165) is 17.5 Å². The molecule has 0 aromatic carbocycles. The highest BCUT2D eigenvalue weighted by molar-refractivity contribution is 7.15. The van der Waals surface area contributed by atoms with Crippen LogP contribution in [-0.4, -0.2) is 30.2 Å². The third-order valence-electron chi connectivity index (χ3n) is 1.61. The van der Waals surface area contributed by atoms with Gasteiger partial charge in [-0.25, -0.2) is 4.98 Å². The maximum absolute atomic E-state index is 13.3. The molecule has 0 amide bonds. The van der Waals surface area contributed by atoms with Crippen molar-refractivity contribution in [3.8, 4) is 0 Å². The Hall–Kier alpha value is -1.24. The zero-order valence-electron chi connectivity index (χ0n) is 8.20. The minimum atomic E-state index is -3.35. The molecule has 4 nitrogen and oxygen atoms in total. The first-order valence-electron chi connectivity index (χ1n) is 4.06. The number of carboxylic acid groups (broad SMARTS) is 1. The van der Waals surface area contributed by atoms with Crippen LogP contribution < -0.4 is 4.90 Å². The van der Waals surface area contributed by atoms with E-state index in [-0.39, 0.29) is 4.88 Å². The molecule has 0 atom stereocenters. The zero-order chi connectivity index (χ0) is 11.6. The highest BCUT2D eigenvalue weighted by atomic mass is 32.1. The lowest BCUT2D eigenvalue weighted by atomic mass is 10.2. The van der Waals surface area contributed by atoms with Gasteiger partial charge in [-0.2, -0.15) is 8.78 Å². The molecule has 1 heterocycles. The van der Waals surface area contributed by atoms with Crippen LogP contribution in [0.15, 0.2) is 6.20 Å². The van der Waals surface area contributed by atoms with Crippen molar-refractivity contribution in [3.63, 3.8) is 0 Å². The fraction of sp³-hybridized carbons (Fsp3) is 0.500. The van der Waals surface area contributed by atoms with E-state index in [2.05, 4.69) is 4.98 Å². The van der Waals surface area contributed by atoms with Crippen molar-refractivity contribution in [3.05, 3.63) is 11.1 Å². The van der Waals surface area contributed by atoms with Gasteiger partial charge >= 0.3 is 5.97 Å². The number of anilines is 1. The van der Waals surface area contributed by atoms with Gasteiger partial charge in [-0.1, -0.05) is 11.3 Å². The molecule has 0 radical (unpaired) electrons. The van der Waals surface area contributed by atoms with Gasteiger partial charge in [0.2, 0.25) is 0 Å². The van der Waals surface area contributed by atoms with Gasteiger partial charge in [0.15, 0.2) is 5.13 Å². The first-order valence-corrected chi connectivity index (χ1v) is 4.88. The van der Waals surface area contributed by atoms with Crippen LogP contribution in [-0.2, 0) is 10.7 Å². The molecule has 0 bridgehead atoms. The first kappa shape index (κ1) is 11.8. The Kier molecular flexibility index (Phi) is 3.23. The van der Waals surface area contributed by atoms with Gasteiger partial charge in [0, 0.05) is 20.3 Å². The van der Waals surface area contributed by atoms with Gasteiger partial charge in [0.05, 0.1) is 4.88 Å². The van der Waals surface area contributed by atoms with Crippen molar-refractivity contribution >= 4 is 22.4 Å². The number of aromatic nitrogens is 1. The van der Waals surface area contributed by atoms with Crippen LogP contribution in [0.25, 0.3) is 0 Å². The number of alkyl halides is 2. The number of hydrogen-bond donors (Lipinski definition) is 1. The molecule has 1 aromatic rings. The van der Waals surface area contributed by atoms with Crippen molar-refractivity contribution in [2.45, 2.75) is 12.3 Å². The number of aliphatic carboxylic acids is 1. The summed E-state index contributed by atoms with van der Waals surface area (Å²) in [7, 11) is 3.36. The maximum atomic E-state index is 13.3. The number of carboxylic acids is 1. The van der Waals surface area contributed by atoms with Crippen LogP contribution in [0.3, 0.4) is 0 Å². The normalized spacial score (nSPS) is 11.5. The van der Waals surface area contributed by atoms with E-state index in [4.69, 9.17) is 5.11 Å². The van der Waals surface area contributed by atoms with E-state index in [0.29, 0.717) is 5.13 Å². The average Bonchev–Trinajstić information content (AvgIpc) is 2.48. The molecule has 0 aliphatic rings. The molecular formula is C8H10F2N2O2S. The number of halogens is 2. The van der Waals surface area contributed by atoms with E-state index >= 15 is 0 Å². The highest BCUT2D eigenvalue weighted by Crippen LogP contribution is 2.37. The minimum absolute atomic E-state index is 0.325. The predicted octanol–water partition coefficient (Wildman–Crippen LogP) is 1.78. The van der Waals surface area contributed by atoms with E-state index in [1.54, 1.807) is 19.0 Å². The SMILES string of the molecule is CN(C)c1ncc(C(F)(F)CC(=O)O)s1. The summed E-state index contributed by atoms with van der Waals surface area (Å²) in [5.41, 5.74) is 0. The van der Waals surface area contributed by atoms with Crippen molar-refractivity contribution in [2.24, 2.45) is 0 Å². The zero-order valence-corrected chi connectivity index (χ0v) is 9.02. The van der Waals surface area contributed by atoms with Gasteiger partial charge < -0.3 is 10.0 Å². The highest BCUT2D eigenvalue weighted by Gasteiger charge is 2.37. The Balaban J connectivity index is 2.89. The lowest BCUT2D eigenvalue weighted by Crippen LogP contribution is -2.16. The smallest absolute Gasteiger partial charge is 0.309 e. The molecule has 0 aliphatic heterocycles. The fourth-order valence-corrected chi connectivity index (χ4v) is 1.73. The van der Waals surface area contributed by atoms with Gasteiger partial charge in [-0.05, 0) is 0 Å². The lowest BCUT2D eigenvalue weighted by Gasteiger charge is -2.10. The third-order valence-corrected chi connectivity index (χ3v) is 2.89. The van der Waals surface area contributed by atoms with E-state index in [1.165, 1.54) is 0 Å². The predicted molar refractivity (Wildman–Crippen MR) is 52.6 cm³/mol. The second-order valence-electron chi connectivity index (χ2n) is 3.18. The molecule has 0 saturated heterocycles. The first-order chi connectivity index (χ1) is 6.83. The molecule has 0 fully saturated rings. The summed E-state index contributed by atoms with van der Waals surface area (Å²) < 4.78 is 26.5. The van der Waals surface area contributed by atoms with Crippen LogP contribution >= 0.6 is 11.3 Å². The quantitative estimate of drug-likeness (QED) is 0.865. The van der Waals surface area contributed by atoms with Gasteiger partial charge in [0.25, 0.3) is 5.92 Å². The van der Waals surface area contributed by atoms with E-state index in [9.17, 15) is 13.6 Å². The van der Waals surface area contributed by atoms with Crippen molar-refractivity contribution in [2.75, 3.05) is 19.0 Å². The fourth-order valence-electron chi connectivity index (χ4n) is 0.918. The summed E-state index contributed by atoms with van der Waals surface area (Å²) in [6, 6.07) is 0. The second-order valence-corrected chi connectivity index (χ2v) is 4.19. The van der Waals surface area contributed by atoms with Gasteiger partial charge in [-0.15, -0.1) is 0 Å². The molecule has 0 unspecified atom stereocenters. The van der Waals surface area contributed by atoms with Crippen molar-refractivity contribution < 1.29 is 18.7 Å². The third kappa shape index (κ3) is 2.85. The van der Waals surface area contributed by atoms with E-state index in [1.807, 2.05) is 0 Å². The number of rotatable bonds is 4. The average molecular weight is 236 g/mol. The maximum Gasteiger partial charge on any atom is 0.309 e. The molecule has 7 heteroatoms. The molecule has 0 saturated carbocycles. The number of thiazole rings is 1. The Bertz CT molecular complexity index is 365. The Morgan fingerprint density at radius 2 is 2.27 bits per heavy atom. The molecule has 84 valence electrons. The molecule has 0 aliphatic carbocycles. The Morgan fingerprint density at radius 1 is 1.67 bits per heavy atom. The topological polar surface area (TPSA) is 53.4 Å². The monoisotopic (exact) mass is 236 g/mol. The summed E-state index contributed by atoms with van der Waals surface area (Å²) in [4.78, 5) is 15.2. The number of carbonyl (C=O) groups is 1. The Labute approximate surface area is 89.2 Å². The van der Waals surface area contributed by atoms with Crippen molar-refractivity contribution in [1.82, 2.24) is 4.98 Å². The summed E-state index contributed by atoms with van der Waals surface area (Å²) in [5.74, 6) is -4.88. The summed E-state index contributed by atoms with van der Waals surface area (Å²) >= 11 is 0.791. The molecule has 1 aromatic heterocycles. The van der Waals surface area contributed by atoms with Crippen LogP contribution in [0, 0.1) is 0 Å². The van der Waals surface area contributed by atoms with Crippen LogP contribution in [0.2, 0.25) is 0 Å². The lowest BCUT2D eigenvalue weighted by molar-refractivity contribution is -0.145. The largest absolute Gasteiger partial charge is 0.481 e. The number of nitrogens with zero attached hydrogens (tertiary/aromatic N) is 2. The molecule has 15 heavy (non-hydrogen) atoms. The van der Waals surface area contributed by atoms with E-state index < -0.39 is 18.3 Å². The summed E-state index contributed by atoms with van der Waals surface area (Å²) in [6.45, 7) is 0. The minimum Gasteiger partial charge on any atom is -0.481 e. The molecule has 1 rings (SSSR count). The Morgan fingerprint density at radius 3 is 2.67 bits per heavy atom. The second kappa shape index (κ2) is 4.09. The van der Waals surface area contributed by atoms with Gasteiger partial charge in [0.1, 0.15) is 6.42 Å². The summed E-state index contributed by atoms with van der Waals surface area (Å²) in [5, 5.41) is 8.75. The van der Waals surface area contributed by atoms with Crippen LogP contribution in [0.4, 0.5) is 13.9 Å². The molecular weight excluding hydrogens is 226 g/mol. The van der Waals surface area contributed by atoms with Crippen LogP contribution in [0.1, 0.15) is 11.3 Å². The standard InChI is InChI=1S/C8H10F2N2O2S/c1-12(2)7-11-4-5(15-7)8(9,10)3-6(13)14/h4H,3H2,1-2H3,(H,13,14). The number of hydrogen-bond acceptors (Lipinski definition) is 4. The van der Waals surface area contributed by atoms with Crippen LogP contribution in [0.5, 0.6) is 0 Å². The van der Waals surface area contributed by atoms with Gasteiger partial charge in [-0.3, -0.25) is 4.79 Å². The molecule has 0 spiro atoms. The van der Waals surface area contributed by atoms with Crippen molar-refractivity contribution in [1.29, 1.82) is 0 Å².